The van der Waals surface area contributed by atoms with Crippen LogP contribution in [0.1, 0.15) is 26.2 Å². The molecular formula is C31H36N2O5S. The van der Waals surface area contributed by atoms with Crippen LogP contribution < -0.4 is 4.90 Å². The number of nitrogens with zero attached hydrogens (tertiary/aromatic N) is 2. The molecular weight excluding hydrogens is 512 g/mol. The number of aliphatic hydroxyl groups is 1. The Morgan fingerprint density at radius 3 is 2.69 bits per heavy atom. The number of thioether (sulfide) groups is 1. The van der Waals surface area contributed by atoms with Crippen LogP contribution in [0.3, 0.4) is 0 Å². The van der Waals surface area contributed by atoms with Crippen LogP contribution in [0.25, 0.3) is 10.8 Å². The summed E-state index contributed by atoms with van der Waals surface area (Å²) in [6, 6.07) is 13.0. The highest BCUT2D eigenvalue weighted by Crippen LogP contribution is 2.68. The SMILES string of the molecule is C=CCCCOC(=O)[C@@H]1[C@H]2C(=O)N(CCO)C(C(=O)N(CC=C)c3ccc4ccccc4c3)C23S[C@@H]1CC3C. The molecule has 2 amide bonds. The van der Waals surface area contributed by atoms with Crippen LogP contribution in [-0.4, -0.2) is 70.1 Å². The average Bonchev–Trinajstić information content (AvgIpc) is 3.53. The van der Waals surface area contributed by atoms with Gasteiger partial charge in [-0.2, -0.15) is 0 Å². The smallest absolute Gasteiger partial charge is 0.310 e. The molecule has 7 nitrogen and oxygen atoms in total. The number of rotatable bonds is 11. The molecule has 6 atom stereocenters. The van der Waals surface area contributed by atoms with E-state index in [-0.39, 0.29) is 55.3 Å². The third-order valence-corrected chi connectivity index (χ3v) is 10.6. The third-order valence-electron chi connectivity index (χ3n) is 8.51. The number of hydrogen-bond acceptors (Lipinski definition) is 6. The lowest BCUT2D eigenvalue weighted by atomic mass is 9.66. The van der Waals surface area contributed by atoms with Crippen molar-refractivity contribution < 1.29 is 24.2 Å². The lowest BCUT2D eigenvalue weighted by Crippen LogP contribution is -2.57. The molecule has 39 heavy (non-hydrogen) atoms. The number of fused-ring (bicyclic) bond motifs is 2. The van der Waals surface area contributed by atoms with Gasteiger partial charge in [0.05, 0.1) is 29.8 Å². The minimum Gasteiger partial charge on any atom is -0.465 e. The zero-order chi connectivity index (χ0) is 27.7. The molecule has 2 bridgehead atoms. The van der Waals surface area contributed by atoms with E-state index in [0.717, 1.165) is 29.3 Å². The van der Waals surface area contributed by atoms with E-state index in [4.69, 9.17) is 4.74 Å². The van der Waals surface area contributed by atoms with Gasteiger partial charge in [-0.05, 0) is 48.1 Å². The molecule has 206 valence electrons. The standard InChI is InChI=1S/C31H36N2O5S/c1-4-6-9-17-38-30(37)25-24-18-20(3)31(39-24)26(25)28(35)33(15-16-34)27(31)29(36)32(14-5-2)23-13-12-21-10-7-8-11-22(21)19-23/h4-5,7-8,10-13,19-20,24-27,34H,1-2,6,9,14-18H2,3H3/t20?,24-,25+,26+,27?,31?/m1/s1. The van der Waals surface area contributed by atoms with E-state index in [0.29, 0.717) is 6.42 Å². The molecule has 2 aromatic carbocycles. The molecule has 3 aliphatic rings. The third kappa shape index (κ3) is 4.47. The first-order valence-electron chi connectivity index (χ1n) is 13.7. The molecule has 3 fully saturated rings. The quantitative estimate of drug-likeness (QED) is 0.257. The first-order valence-corrected chi connectivity index (χ1v) is 14.5. The van der Waals surface area contributed by atoms with E-state index >= 15 is 0 Å². The maximum absolute atomic E-state index is 14.6. The van der Waals surface area contributed by atoms with Gasteiger partial charge in [0.25, 0.3) is 5.91 Å². The molecule has 0 aliphatic carbocycles. The lowest BCUT2D eigenvalue weighted by Gasteiger charge is -2.40. The van der Waals surface area contributed by atoms with Gasteiger partial charge < -0.3 is 19.6 Å². The van der Waals surface area contributed by atoms with Crippen LogP contribution in [0.4, 0.5) is 5.69 Å². The van der Waals surface area contributed by atoms with Crippen LogP contribution in [0.5, 0.6) is 0 Å². The second-order valence-electron chi connectivity index (χ2n) is 10.7. The number of unbranched alkanes of at least 4 members (excludes halogenated alkanes) is 1. The van der Waals surface area contributed by atoms with Crippen LogP contribution in [-0.2, 0) is 19.1 Å². The van der Waals surface area contributed by atoms with Crippen LogP contribution in [0.2, 0.25) is 0 Å². The van der Waals surface area contributed by atoms with Gasteiger partial charge in [0.1, 0.15) is 6.04 Å². The summed E-state index contributed by atoms with van der Waals surface area (Å²) < 4.78 is 4.86. The Labute approximate surface area is 233 Å². The van der Waals surface area contributed by atoms with E-state index in [9.17, 15) is 19.5 Å². The Morgan fingerprint density at radius 1 is 1.21 bits per heavy atom. The average molecular weight is 549 g/mol. The Kier molecular flexibility index (Phi) is 7.87. The highest BCUT2D eigenvalue weighted by Gasteiger charge is 2.76. The normalized spacial score (nSPS) is 28.9. The van der Waals surface area contributed by atoms with Crippen molar-refractivity contribution in [1.82, 2.24) is 4.90 Å². The monoisotopic (exact) mass is 548 g/mol. The van der Waals surface area contributed by atoms with Crippen molar-refractivity contribution >= 4 is 46.0 Å². The number of amides is 2. The van der Waals surface area contributed by atoms with E-state index in [2.05, 4.69) is 20.1 Å². The Morgan fingerprint density at radius 2 is 1.97 bits per heavy atom. The number of likely N-dealkylation sites (tertiary alicyclic amines) is 1. The molecule has 3 heterocycles. The van der Waals surface area contributed by atoms with Gasteiger partial charge in [0.2, 0.25) is 5.91 Å². The number of esters is 1. The van der Waals surface area contributed by atoms with E-state index in [1.165, 1.54) is 4.90 Å². The summed E-state index contributed by atoms with van der Waals surface area (Å²) in [4.78, 5) is 45.1. The Bertz CT molecular complexity index is 1300. The summed E-state index contributed by atoms with van der Waals surface area (Å²) in [6.07, 6.45) is 5.62. The van der Waals surface area contributed by atoms with Crippen molar-refractivity contribution in [2.75, 3.05) is 31.2 Å². The fourth-order valence-corrected chi connectivity index (χ4v) is 9.26. The number of ether oxygens (including phenoxy) is 1. The molecule has 3 unspecified atom stereocenters. The first kappa shape index (κ1) is 27.5. The first-order chi connectivity index (χ1) is 18.9. The number of β-amino-alcohol motifs (C(OH)–C–C–N with tert-alkyl or cyclic N) is 1. The molecule has 2 aromatic rings. The van der Waals surface area contributed by atoms with Gasteiger partial charge >= 0.3 is 5.97 Å². The molecule has 5 rings (SSSR count). The van der Waals surface area contributed by atoms with Crippen molar-refractivity contribution in [3.8, 4) is 0 Å². The van der Waals surface area contributed by atoms with E-state index in [1.54, 1.807) is 28.8 Å². The summed E-state index contributed by atoms with van der Waals surface area (Å²) in [5.41, 5.74) is 0.721. The number of carbonyl (C=O) groups is 3. The van der Waals surface area contributed by atoms with Crippen molar-refractivity contribution in [2.24, 2.45) is 17.8 Å². The number of benzene rings is 2. The van der Waals surface area contributed by atoms with Gasteiger partial charge in [-0.1, -0.05) is 49.4 Å². The maximum Gasteiger partial charge on any atom is 0.310 e. The van der Waals surface area contributed by atoms with Crippen molar-refractivity contribution in [1.29, 1.82) is 0 Å². The molecule has 1 spiro atoms. The Hall–Kier alpha value is -3.10. The fraction of sp³-hybridized carbons (Fsp3) is 0.452. The summed E-state index contributed by atoms with van der Waals surface area (Å²) in [6.45, 7) is 9.98. The Balaban J connectivity index is 1.52. The second kappa shape index (κ2) is 11.2. The van der Waals surface area contributed by atoms with Crippen LogP contribution >= 0.6 is 11.8 Å². The predicted octanol–water partition coefficient (Wildman–Crippen LogP) is 4.20. The fourth-order valence-electron chi connectivity index (χ4n) is 6.86. The van der Waals surface area contributed by atoms with Gasteiger partial charge in [-0.25, -0.2) is 0 Å². The largest absolute Gasteiger partial charge is 0.465 e. The van der Waals surface area contributed by atoms with Gasteiger partial charge in [-0.3, -0.25) is 14.4 Å². The number of carbonyl (C=O) groups excluding carboxylic acids is 3. The van der Waals surface area contributed by atoms with E-state index in [1.807, 2.05) is 42.5 Å². The van der Waals surface area contributed by atoms with Crippen molar-refractivity contribution in [2.45, 2.75) is 42.2 Å². The minimum absolute atomic E-state index is 0.0334. The van der Waals surface area contributed by atoms with Crippen LogP contribution in [0, 0.1) is 17.8 Å². The summed E-state index contributed by atoms with van der Waals surface area (Å²) in [7, 11) is 0. The molecule has 0 radical (unpaired) electrons. The zero-order valence-electron chi connectivity index (χ0n) is 22.3. The van der Waals surface area contributed by atoms with Gasteiger partial charge in [0, 0.05) is 24.0 Å². The molecule has 3 saturated heterocycles. The number of aliphatic hydroxyl groups excluding tert-OH is 1. The molecule has 0 aromatic heterocycles. The summed E-state index contributed by atoms with van der Waals surface area (Å²) in [5.74, 6) is -2.05. The van der Waals surface area contributed by atoms with Gasteiger partial charge in [-0.15, -0.1) is 24.9 Å². The highest BCUT2D eigenvalue weighted by atomic mass is 32.2. The predicted molar refractivity (Wildman–Crippen MR) is 154 cm³/mol. The topological polar surface area (TPSA) is 87.1 Å². The van der Waals surface area contributed by atoms with Crippen molar-refractivity contribution in [3.05, 3.63) is 67.8 Å². The lowest BCUT2D eigenvalue weighted by molar-refractivity contribution is -0.154. The van der Waals surface area contributed by atoms with Gasteiger partial charge in [0.15, 0.2) is 0 Å². The number of anilines is 1. The highest BCUT2D eigenvalue weighted by molar-refractivity contribution is 8.02. The second-order valence-corrected chi connectivity index (χ2v) is 12.2. The molecule has 8 heteroatoms. The summed E-state index contributed by atoms with van der Waals surface area (Å²) in [5, 5.41) is 11.9. The molecule has 0 saturated carbocycles. The molecule has 1 N–H and O–H groups in total. The summed E-state index contributed by atoms with van der Waals surface area (Å²) >= 11 is 1.61. The maximum atomic E-state index is 14.6. The molecule has 3 aliphatic heterocycles. The number of allylic oxidation sites excluding steroid dienone is 1. The number of hydrogen-bond donors (Lipinski definition) is 1. The van der Waals surface area contributed by atoms with Crippen LogP contribution in [0.15, 0.2) is 67.8 Å². The van der Waals surface area contributed by atoms with Crippen molar-refractivity contribution in [3.63, 3.8) is 0 Å². The minimum atomic E-state index is -0.808. The zero-order valence-corrected chi connectivity index (χ0v) is 23.1. The van der Waals surface area contributed by atoms with E-state index < -0.39 is 22.6 Å².